The van der Waals surface area contributed by atoms with Crippen molar-refractivity contribution >= 4 is 23.5 Å². The third-order valence-electron chi connectivity index (χ3n) is 7.10. The maximum absolute atomic E-state index is 15.1. The average Bonchev–Trinajstić information content (AvgIpc) is 3.37. The molecular weight excluding hydrogens is 599 g/mol. The summed E-state index contributed by atoms with van der Waals surface area (Å²) in [7, 11) is 1.47. The van der Waals surface area contributed by atoms with Crippen LogP contribution in [0.5, 0.6) is 5.75 Å². The summed E-state index contributed by atoms with van der Waals surface area (Å²) >= 11 is 6.50. The van der Waals surface area contributed by atoms with Crippen molar-refractivity contribution in [1.82, 2.24) is 19.0 Å². The van der Waals surface area contributed by atoms with E-state index in [0.717, 1.165) is 10.8 Å². The van der Waals surface area contributed by atoms with E-state index in [-0.39, 0.29) is 21.4 Å². The van der Waals surface area contributed by atoms with Gasteiger partial charge in [0, 0.05) is 55.9 Å². The second-order valence-corrected chi connectivity index (χ2v) is 11.6. The highest BCUT2D eigenvalue weighted by Crippen LogP contribution is 2.41. The Bertz CT molecular complexity index is 1740. The number of halogens is 4. The summed E-state index contributed by atoms with van der Waals surface area (Å²) in [5, 5.41) is 0.0983. The summed E-state index contributed by atoms with van der Waals surface area (Å²) in [5.41, 5.74) is 0.695. The number of carbonyl (C=O) groups excluding carboxylic acids is 1. The number of imidazole rings is 1. The summed E-state index contributed by atoms with van der Waals surface area (Å²) in [6.45, 7) is 4.48. The van der Waals surface area contributed by atoms with Crippen molar-refractivity contribution in [2.75, 3.05) is 38.2 Å². The second kappa shape index (κ2) is 12.3. The zero-order chi connectivity index (χ0) is 31.8. The number of nitrogens with zero attached hydrogens (tertiary/aromatic N) is 5. The zero-order valence-electron chi connectivity index (χ0n) is 24.6. The highest BCUT2D eigenvalue weighted by atomic mass is 35.5. The fourth-order valence-electron chi connectivity index (χ4n) is 5.04. The Kier molecular flexibility index (Phi) is 8.64. The number of hydrogen-bond acceptors (Lipinski definition) is 6. The minimum Gasteiger partial charge on any atom is -0.495 e. The van der Waals surface area contributed by atoms with Gasteiger partial charge in [0.2, 0.25) is 0 Å². The van der Waals surface area contributed by atoms with E-state index < -0.39 is 23.7 Å². The summed E-state index contributed by atoms with van der Waals surface area (Å²) in [6, 6.07) is 10.9. The van der Waals surface area contributed by atoms with Crippen molar-refractivity contribution in [3.05, 3.63) is 82.4 Å². The molecule has 13 heteroatoms. The molecule has 2 aromatic carbocycles. The van der Waals surface area contributed by atoms with Gasteiger partial charge in [0.25, 0.3) is 0 Å². The number of ether oxygens (including phenoxy) is 2. The van der Waals surface area contributed by atoms with Gasteiger partial charge in [0.15, 0.2) is 0 Å². The van der Waals surface area contributed by atoms with Crippen LogP contribution in [0, 0.1) is 5.82 Å². The number of rotatable bonds is 6. The van der Waals surface area contributed by atoms with E-state index in [9.17, 15) is 18.4 Å². The number of aromatic nitrogens is 3. The van der Waals surface area contributed by atoms with Crippen LogP contribution in [0.15, 0.2) is 65.8 Å². The van der Waals surface area contributed by atoms with Gasteiger partial charge in [0.05, 0.1) is 17.8 Å². The molecule has 0 saturated carbocycles. The number of carbonyl (C=O) groups is 1. The largest absolute Gasteiger partial charge is 0.495 e. The second-order valence-electron chi connectivity index (χ2n) is 11.2. The molecule has 3 heterocycles. The summed E-state index contributed by atoms with van der Waals surface area (Å²) < 4.78 is 53.9. The Morgan fingerprint density at radius 2 is 1.64 bits per heavy atom. The maximum Gasteiger partial charge on any atom is 0.410 e. The van der Waals surface area contributed by atoms with Gasteiger partial charge in [-0.15, -0.1) is 0 Å². The Hall–Kier alpha value is -4.45. The van der Waals surface area contributed by atoms with E-state index >= 15 is 4.39 Å². The molecule has 1 saturated heterocycles. The number of methoxy groups -OCH3 is 1. The third-order valence-corrected chi connectivity index (χ3v) is 7.40. The Morgan fingerprint density at radius 3 is 2.20 bits per heavy atom. The van der Waals surface area contributed by atoms with E-state index in [1.165, 1.54) is 37.6 Å². The van der Waals surface area contributed by atoms with E-state index in [4.69, 9.17) is 21.1 Å². The first-order chi connectivity index (χ1) is 20.9. The van der Waals surface area contributed by atoms with Gasteiger partial charge >= 0.3 is 18.3 Å². The van der Waals surface area contributed by atoms with Gasteiger partial charge in [-0.25, -0.2) is 23.5 Å². The number of alkyl halides is 2. The summed E-state index contributed by atoms with van der Waals surface area (Å²) in [6.07, 6.45) is 3.45. The molecule has 0 spiro atoms. The minimum atomic E-state index is -2.99. The highest BCUT2D eigenvalue weighted by Gasteiger charge is 2.27. The molecule has 2 aromatic heterocycles. The van der Waals surface area contributed by atoms with Crippen molar-refractivity contribution in [2.24, 2.45) is 0 Å². The van der Waals surface area contributed by atoms with Crippen LogP contribution < -0.4 is 15.3 Å². The Morgan fingerprint density at radius 1 is 0.977 bits per heavy atom. The van der Waals surface area contributed by atoms with Crippen molar-refractivity contribution in [3.63, 3.8) is 0 Å². The van der Waals surface area contributed by atoms with Crippen LogP contribution in [0.3, 0.4) is 0 Å². The van der Waals surface area contributed by atoms with Crippen LogP contribution in [-0.2, 0) is 4.74 Å². The molecule has 0 bridgehead atoms. The number of piperazine rings is 1. The highest BCUT2D eigenvalue weighted by molar-refractivity contribution is 6.32. The van der Waals surface area contributed by atoms with Crippen LogP contribution in [0.4, 0.5) is 23.8 Å². The third kappa shape index (κ3) is 6.40. The molecule has 9 nitrogen and oxygen atoms in total. The van der Waals surface area contributed by atoms with Crippen molar-refractivity contribution in [3.8, 4) is 33.7 Å². The predicted molar refractivity (Wildman–Crippen MR) is 161 cm³/mol. The SMILES string of the molecule is COc1c(-c2ccnc(N3CCN(C(=O)OC(C)(C)C)CC3)c2)cc(F)cc1-c1ccc(-n2ccn(C(F)F)c2=O)c(Cl)c1. The molecule has 0 aliphatic carbocycles. The number of pyridine rings is 1. The van der Waals surface area contributed by atoms with E-state index in [0.29, 0.717) is 60.0 Å². The topological polar surface area (TPSA) is 81.8 Å². The average molecular weight is 630 g/mol. The lowest BCUT2D eigenvalue weighted by molar-refractivity contribution is 0.0240. The van der Waals surface area contributed by atoms with Crippen molar-refractivity contribution in [2.45, 2.75) is 32.9 Å². The lowest BCUT2D eigenvalue weighted by atomic mass is 9.97. The maximum atomic E-state index is 15.1. The molecule has 232 valence electrons. The number of benzene rings is 2. The molecule has 0 unspecified atom stereocenters. The first-order valence-electron chi connectivity index (χ1n) is 13.8. The van der Waals surface area contributed by atoms with Gasteiger partial charge in [0.1, 0.15) is 23.0 Å². The molecule has 1 fully saturated rings. The molecule has 44 heavy (non-hydrogen) atoms. The standard InChI is InChI=1S/C31H31ClF3N5O4/c1-31(2,3)44-30(42)38-11-9-37(10-12-38)26-16-20(7-8-36-26)23-18-21(33)17-22(27(23)43-4)19-5-6-25(24(32)15-19)39-13-14-40(28(34)35)29(39)41/h5-8,13-18,28H,9-12H2,1-4H3. The van der Waals surface area contributed by atoms with Crippen LogP contribution >= 0.6 is 11.6 Å². The molecule has 1 aliphatic rings. The lowest BCUT2D eigenvalue weighted by Crippen LogP contribution is -2.50. The summed E-state index contributed by atoms with van der Waals surface area (Å²) in [4.78, 5) is 33.1. The number of anilines is 1. The van der Waals surface area contributed by atoms with Gasteiger partial charge in [-0.05, 0) is 68.3 Å². The van der Waals surface area contributed by atoms with Crippen LogP contribution in [0.25, 0.3) is 27.9 Å². The Balaban J connectivity index is 1.43. The molecule has 1 aliphatic heterocycles. The smallest absolute Gasteiger partial charge is 0.410 e. The lowest BCUT2D eigenvalue weighted by Gasteiger charge is -2.36. The minimum absolute atomic E-state index is 0.0983. The quantitative estimate of drug-likeness (QED) is 0.238. The normalized spacial score (nSPS) is 13.8. The fraction of sp³-hybridized carbons (Fsp3) is 0.323. The molecule has 0 atom stereocenters. The van der Waals surface area contributed by atoms with Gasteiger partial charge < -0.3 is 19.3 Å². The van der Waals surface area contributed by atoms with E-state index in [1.807, 2.05) is 31.7 Å². The molecule has 0 radical (unpaired) electrons. The zero-order valence-corrected chi connectivity index (χ0v) is 25.3. The molecule has 5 rings (SSSR count). The Labute approximate surface area is 257 Å². The summed E-state index contributed by atoms with van der Waals surface area (Å²) in [5.74, 6) is 0.515. The van der Waals surface area contributed by atoms with Gasteiger partial charge in [-0.2, -0.15) is 8.78 Å². The molecule has 0 N–H and O–H groups in total. The van der Waals surface area contributed by atoms with Crippen molar-refractivity contribution in [1.29, 1.82) is 0 Å². The molecule has 4 aromatic rings. The first-order valence-corrected chi connectivity index (χ1v) is 14.2. The monoisotopic (exact) mass is 629 g/mol. The number of amides is 1. The van der Waals surface area contributed by atoms with Gasteiger partial charge in [-0.1, -0.05) is 17.7 Å². The van der Waals surface area contributed by atoms with Crippen molar-refractivity contribution < 1.29 is 27.4 Å². The molecular formula is C31H31ClF3N5O4. The fourth-order valence-corrected chi connectivity index (χ4v) is 5.31. The number of hydrogen-bond donors (Lipinski definition) is 0. The first kappa shape index (κ1) is 31.0. The van der Waals surface area contributed by atoms with Gasteiger partial charge in [-0.3, -0.25) is 4.57 Å². The predicted octanol–water partition coefficient (Wildman–Crippen LogP) is 6.62. The van der Waals surface area contributed by atoms with E-state index in [2.05, 4.69) is 4.98 Å². The molecule has 1 amide bonds. The van der Waals surface area contributed by atoms with E-state index in [1.54, 1.807) is 23.2 Å². The van der Waals surface area contributed by atoms with Crippen LogP contribution in [-0.4, -0.2) is 64.0 Å². The van der Waals surface area contributed by atoms with Crippen LogP contribution in [0.1, 0.15) is 27.3 Å². The van der Waals surface area contributed by atoms with Crippen LogP contribution in [0.2, 0.25) is 5.02 Å².